The van der Waals surface area contributed by atoms with Gasteiger partial charge in [-0.15, -0.1) is 0 Å². The van der Waals surface area contributed by atoms with Crippen molar-refractivity contribution in [3.8, 4) is 6.19 Å². The van der Waals surface area contributed by atoms with Crippen LogP contribution in [0.5, 0.6) is 0 Å². The minimum absolute atomic E-state index is 0.0110. The van der Waals surface area contributed by atoms with Crippen molar-refractivity contribution in [1.29, 1.82) is 5.26 Å². The summed E-state index contributed by atoms with van der Waals surface area (Å²) in [6.07, 6.45) is 4.46. The van der Waals surface area contributed by atoms with Crippen LogP contribution in [-0.4, -0.2) is 66.7 Å². The number of amides is 2. The summed E-state index contributed by atoms with van der Waals surface area (Å²) in [5, 5.41) is 24.1. The number of carbonyl (C=O) groups is 1. The summed E-state index contributed by atoms with van der Waals surface area (Å²) in [5.41, 5.74) is 0.828. The molecule has 0 radical (unpaired) electrons. The van der Waals surface area contributed by atoms with Crippen LogP contribution in [-0.2, 0) is 4.87 Å². The first-order valence-corrected chi connectivity index (χ1v) is 13.6. The minimum atomic E-state index is -1.01. The molecule has 1 saturated heterocycles. The lowest BCUT2D eigenvalue weighted by molar-refractivity contribution is 0.110. The van der Waals surface area contributed by atoms with E-state index in [0.717, 1.165) is 49.7 Å². The number of benzene rings is 2. The maximum Gasteiger partial charge on any atom is 0.342 e. The van der Waals surface area contributed by atoms with E-state index in [1.807, 2.05) is 36.5 Å². The van der Waals surface area contributed by atoms with E-state index < -0.39 is 16.5 Å². The zero-order chi connectivity index (χ0) is 27.8. The number of nitrogens with zero attached hydrogens (tertiary/aromatic N) is 5. The van der Waals surface area contributed by atoms with Crippen molar-refractivity contribution >= 4 is 28.8 Å². The number of hydrogen-bond donors (Lipinski definition) is 3. The number of piperidine rings is 1. The van der Waals surface area contributed by atoms with Crippen LogP contribution in [0, 0.1) is 23.1 Å². The third-order valence-electron chi connectivity index (χ3n) is 6.90. The van der Waals surface area contributed by atoms with Gasteiger partial charge in [-0.1, -0.05) is 42.1 Å². The van der Waals surface area contributed by atoms with Gasteiger partial charge in [0.1, 0.15) is 21.5 Å². The molecule has 3 N–H and O–H groups in total. The quantitative estimate of drug-likeness (QED) is 0.158. The molecule has 0 spiro atoms. The Morgan fingerprint density at radius 2 is 2.03 bits per heavy atom. The molecule has 4 rings (SSSR count). The number of nitrogens with one attached hydrogen (secondary N) is 3. The Morgan fingerprint density at radius 3 is 2.72 bits per heavy atom. The lowest BCUT2D eigenvalue weighted by atomic mass is 10.00. The molecular weight excluding hydrogens is 522 g/mol. The maximum absolute atomic E-state index is 14.9. The first-order valence-electron chi connectivity index (χ1n) is 12.8. The third kappa shape index (κ3) is 6.32. The minimum Gasteiger partial charge on any atom is -0.356 e. The first-order chi connectivity index (χ1) is 18.9. The number of thioether (sulfide) groups is 1. The normalized spacial score (nSPS) is 19.8. The fraction of sp³-hybridized carbons (Fsp3) is 0.407. The van der Waals surface area contributed by atoms with Gasteiger partial charge in [0.25, 0.3) is 0 Å². The molecule has 1 atom stereocenters. The molecule has 0 bridgehead atoms. The number of carbonyl (C=O) groups excluding carboxylic acids is 1. The summed E-state index contributed by atoms with van der Waals surface area (Å²) in [7, 11) is 3.34. The Balaban J connectivity index is 1.72. The zero-order valence-corrected chi connectivity index (χ0v) is 22.8. The van der Waals surface area contributed by atoms with Crippen LogP contribution in [0.1, 0.15) is 36.8 Å². The summed E-state index contributed by atoms with van der Waals surface area (Å²) >= 11 is 1.25. The van der Waals surface area contributed by atoms with Crippen LogP contribution >= 0.6 is 11.8 Å². The summed E-state index contributed by atoms with van der Waals surface area (Å²) in [4.78, 5) is 18.8. The van der Waals surface area contributed by atoms with Crippen LogP contribution in [0.15, 0.2) is 58.6 Å². The van der Waals surface area contributed by atoms with E-state index in [9.17, 15) is 13.6 Å². The van der Waals surface area contributed by atoms with Gasteiger partial charge < -0.3 is 15.5 Å². The molecule has 2 aromatic rings. The van der Waals surface area contributed by atoms with E-state index in [0.29, 0.717) is 25.3 Å². The Hall–Kier alpha value is -3.69. The lowest BCUT2D eigenvalue weighted by Gasteiger charge is -2.40. The van der Waals surface area contributed by atoms with Crippen LogP contribution in [0.2, 0.25) is 0 Å². The fourth-order valence-corrected chi connectivity index (χ4v) is 6.22. The summed E-state index contributed by atoms with van der Waals surface area (Å²) < 4.78 is 29.1. The molecule has 9 nitrogen and oxygen atoms in total. The van der Waals surface area contributed by atoms with Gasteiger partial charge in [0.15, 0.2) is 6.19 Å². The number of hydrogen-bond acceptors (Lipinski definition) is 6. The van der Waals surface area contributed by atoms with Gasteiger partial charge in [0.05, 0.1) is 0 Å². The highest BCUT2D eigenvalue weighted by molar-refractivity contribution is 8.15. The third-order valence-corrected chi connectivity index (χ3v) is 8.35. The lowest BCUT2D eigenvalue weighted by Crippen LogP contribution is -2.52. The monoisotopic (exact) mass is 554 g/mol. The molecule has 2 aliphatic heterocycles. The van der Waals surface area contributed by atoms with Gasteiger partial charge in [0.2, 0.25) is 5.96 Å². The number of nitriles is 1. The average Bonchev–Trinajstić information content (AvgIpc) is 3.36. The summed E-state index contributed by atoms with van der Waals surface area (Å²) in [6.45, 7) is 2.08. The smallest absolute Gasteiger partial charge is 0.342 e. The van der Waals surface area contributed by atoms with Crippen LogP contribution in [0.3, 0.4) is 0 Å². The fourth-order valence-electron chi connectivity index (χ4n) is 4.81. The maximum atomic E-state index is 14.9. The number of guanidine groups is 1. The predicted molar refractivity (Wildman–Crippen MR) is 149 cm³/mol. The van der Waals surface area contributed by atoms with Crippen molar-refractivity contribution < 1.29 is 13.6 Å². The summed E-state index contributed by atoms with van der Waals surface area (Å²) in [6, 6.07) is 12.5. The predicted octanol–water partition coefficient (Wildman–Crippen LogP) is 3.76. The molecule has 2 aliphatic rings. The topological polar surface area (TPSA) is 108 Å². The van der Waals surface area contributed by atoms with Crippen molar-refractivity contribution in [3.63, 3.8) is 0 Å². The number of aliphatic imine (C=N–C) groups is 1. The Morgan fingerprint density at radius 1 is 1.28 bits per heavy atom. The highest BCUT2D eigenvalue weighted by Gasteiger charge is 2.50. The second-order valence-corrected chi connectivity index (χ2v) is 10.6. The summed E-state index contributed by atoms with van der Waals surface area (Å²) in [5.74, 6) is -0.862. The van der Waals surface area contributed by atoms with Crippen LogP contribution < -0.4 is 16.0 Å². The van der Waals surface area contributed by atoms with Gasteiger partial charge in [-0.3, -0.25) is 10.3 Å². The first kappa shape index (κ1) is 28.3. The number of rotatable bonds is 7. The van der Waals surface area contributed by atoms with Crippen molar-refractivity contribution in [3.05, 3.63) is 71.3 Å². The Labute approximate surface area is 231 Å². The van der Waals surface area contributed by atoms with E-state index >= 15 is 0 Å². The van der Waals surface area contributed by atoms with Gasteiger partial charge >= 0.3 is 6.03 Å². The zero-order valence-electron chi connectivity index (χ0n) is 22.0. The van der Waals surface area contributed by atoms with Gasteiger partial charge in [-0.2, -0.15) is 15.4 Å². The molecule has 206 valence electrons. The molecule has 1 fully saturated rings. The van der Waals surface area contributed by atoms with Crippen molar-refractivity contribution in [2.75, 3.05) is 33.7 Å². The Bertz CT molecular complexity index is 1260. The second kappa shape index (κ2) is 12.9. The van der Waals surface area contributed by atoms with E-state index in [1.54, 1.807) is 19.0 Å². The van der Waals surface area contributed by atoms with Crippen LogP contribution in [0.4, 0.5) is 13.6 Å². The van der Waals surface area contributed by atoms with E-state index in [1.165, 1.54) is 16.8 Å². The van der Waals surface area contributed by atoms with Crippen molar-refractivity contribution in [2.24, 2.45) is 10.1 Å². The highest BCUT2D eigenvalue weighted by atomic mass is 32.2. The number of hydrazone groups is 1. The molecule has 0 aliphatic carbocycles. The molecule has 2 heterocycles. The highest BCUT2D eigenvalue weighted by Crippen LogP contribution is 2.51. The SMILES string of the molecule is CN=C(NC#N)NCCCC1(c2ccccc2)SC(c2cc(F)ccc2F)=NN1C(=O)N(C)C1CCNCC1. The largest absolute Gasteiger partial charge is 0.356 e. The molecule has 1 unspecified atom stereocenters. The standard InChI is InChI=1S/C27H32F2N8OS/c1-31-25(34-18-30)33-14-6-13-27(19-7-4-3-5-8-19)37(26(38)36(2)21-11-15-32-16-12-21)35-24(39-27)22-17-20(28)9-10-23(22)29/h3-5,7-10,17,21,32H,6,11-16H2,1-2H3,(H2,31,33,34). The van der Waals surface area contributed by atoms with E-state index in [2.05, 4.69) is 26.0 Å². The van der Waals surface area contributed by atoms with Gasteiger partial charge in [0, 0.05) is 32.2 Å². The molecule has 0 aromatic heterocycles. The molecule has 2 amide bonds. The van der Waals surface area contributed by atoms with Gasteiger partial charge in [-0.05, 0) is 62.5 Å². The molecule has 2 aromatic carbocycles. The molecule has 12 heteroatoms. The average molecular weight is 555 g/mol. The van der Waals surface area contributed by atoms with E-state index in [4.69, 9.17) is 5.26 Å². The number of halogens is 2. The van der Waals surface area contributed by atoms with Crippen molar-refractivity contribution in [2.45, 2.75) is 36.6 Å². The van der Waals surface area contributed by atoms with Gasteiger partial charge in [-0.25, -0.2) is 13.6 Å². The van der Waals surface area contributed by atoms with Crippen molar-refractivity contribution in [1.82, 2.24) is 25.9 Å². The second-order valence-electron chi connectivity index (χ2n) is 9.31. The number of urea groups is 1. The van der Waals surface area contributed by atoms with Crippen LogP contribution in [0.25, 0.3) is 0 Å². The van der Waals surface area contributed by atoms with E-state index in [-0.39, 0.29) is 22.7 Å². The molecule has 0 saturated carbocycles. The Kier molecular flexibility index (Phi) is 9.37. The molecular formula is C27H32F2N8OS. The molecule has 39 heavy (non-hydrogen) atoms.